The second-order valence-electron chi connectivity index (χ2n) is 5.46. The summed E-state index contributed by atoms with van der Waals surface area (Å²) in [6, 6.07) is 7.74. The third-order valence-electron chi connectivity index (χ3n) is 3.71. The first-order chi connectivity index (χ1) is 12.2. The first-order valence-electron chi connectivity index (χ1n) is 7.32. The van der Waals surface area contributed by atoms with E-state index in [1.807, 2.05) is 0 Å². The average molecular weight is 365 g/mol. The highest BCUT2D eigenvalue weighted by Crippen LogP contribution is 2.34. The molecule has 3 aromatic rings. The van der Waals surface area contributed by atoms with E-state index in [2.05, 4.69) is 10.4 Å². The summed E-state index contributed by atoms with van der Waals surface area (Å²) in [6.45, 7) is 0. The maximum atomic E-state index is 13.4. The summed E-state index contributed by atoms with van der Waals surface area (Å²) < 4.78 is 53.7. The molecule has 0 spiro atoms. The maximum Gasteiger partial charge on any atom is 0.418 e. The van der Waals surface area contributed by atoms with E-state index in [0.717, 1.165) is 24.3 Å². The molecule has 9 heteroatoms. The van der Waals surface area contributed by atoms with E-state index in [1.165, 1.54) is 29.9 Å². The molecule has 3 rings (SSSR count). The van der Waals surface area contributed by atoms with Crippen molar-refractivity contribution in [3.05, 3.63) is 69.8 Å². The minimum Gasteiger partial charge on any atom is -0.320 e. The SMILES string of the molecule is Cn1nc(C(=O)Nc2ccccc2C(F)(F)F)c(=O)c2cc(F)ccc21. The van der Waals surface area contributed by atoms with Gasteiger partial charge in [0.1, 0.15) is 5.82 Å². The van der Waals surface area contributed by atoms with Crippen molar-refractivity contribution in [3.8, 4) is 0 Å². The van der Waals surface area contributed by atoms with Gasteiger partial charge in [-0.3, -0.25) is 14.3 Å². The molecule has 1 amide bonds. The number of para-hydroxylation sites is 1. The fourth-order valence-electron chi connectivity index (χ4n) is 2.52. The van der Waals surface area contributed by atoms with Crippen LogP contribution in [0.1, 0.15) is 16.1 Å². The summed E-state index contributed by atoms with van der Waals surface area (Å²) in [5.41, 5.74) is -2.80. The Labute approximate surface area is 143 Å². The molecule has 0 saturated carbocycles. The number of benzene rings is 2. The second-order valence-corrected chi connectivity index (χ2v) is 5.46. The first kappa shape index (κ1) is 17.6. The van der Waals surface area contributed by atoms with Gasteiger partial charge in [-0.25, -0.2) is 4.39 Å². The zero-order valence-electron chi connectivity index (χ0n) is 13.3. The molecule has 134 valence electrons. The number of aromatic nitrogens is 2. The highest BCUT2D eigenvalue weighted by atomic mass is 19.4. The van der Waals surface area contributed by atoms with Crippen molar-refractivity contribution in [2.45, 2.75) is 6.18 Å². The minimum absolute atomic E-state index is 0.100. The van der Waals surface area contributed by atoms with Crippen LogP contribution in [0.2, 0.25) is 0 Å². The number of anilines is 1. The number of hydrogen-bond acceptors (Lipinski definition) is 3. The van der Waals surface area contributed by atoms with Gasteiger partial charge in [0.05, 0.1) is 22.2 Å². The number of hydrogen-bond donors (Lipinski definition) is 1. The van der Waals surface area contributed by atoms with Gasteiger partial charge in [0, 0.05) is 7.05 Å². The number of amides is 1. The standard InChI is InChI=1S/C17H11F4N3O2/c1-24-13-7-6-9(18)8-10(13)15(25)14(23-24)16(26)22-12-5-3-2-4-11(12)17(19,20)21/h2-8H,1H3,(H,22,26). The lowest BCUT2D eigenvalue weighted by molar-refractivity contribution is -0.136. The van der Waals surface area contributed by atoms with E-state index in [-0.39, 0.29) is 10.9 Å². The second kappa shape index (κ2) is 6.25. The molecule has 5 nitrogen and oxygen atoms in total. The van der Waals surface area contributed by atoms with Crippen molar-refractivity contribution in [2.75, 3.05) is 5.32 Å². The van der Waals surface area contributed by atoms with E-state index in [0.29, 0.717) is 0 Å². The van der Waals surface area contributed by atoms with Crippen LogP contribution < -0.4 is 10.7 Å². The van der Waals surface area contributed by atoms with Crippen molar-refractivity contribution in [1.82, 2.24) is 9.78 Å². The molecule has 0 radical (unpaired) electrons. The van der Waals surface area contributed by atoms with E-state index >= 15 is 0 Å². The van der Waals surface area contributed by atoms with Crippen LogP contribution in [0.5, 0.6) is 0 Å². The van der Waals surface area contributed by atoms with Crippen LogP contribution in [0.4, 0.5) is 23.2 Å². The Bertz CT molecular complexity index is 1070. The Kier molecular flexibility index (Phi) is 4.23. The molecule has 0 atom stereocenters. The molecule has 2 aromatic carbocycles. The van der Waals surface area contributed by atoms with E-state index in [9.17, 15) is 27.2 Å². The summed E-state index contributed by atoms with van der Waals surface area (Å²) in [7, 11) is 1.43. The number of halogens is 4. The zero-order valence-corrected chi connectivity index (χ0v) is 13.3. The topological polar surface area (TPSA) is 64.0 Å². The molecule has 1 aromatic heterocycles. The summed E-state index contributed by atoms with van der Waals surface area (Å²) in [5, 5.41) is 5.76. The van der Waals surface area contributed by atoms with Gasteiger partial charge < -0.3 is 5.32 Å². The maximum absolute atomic E-state index is 13.4. The van der Waals surface area contributed by atoms with Crippen LogP contribution in [0.25, 0.3) is 10.9 Å². The number of nitrogens with zero attached hydrogens (tertiary/aromatic N) is 2. The van der Waals surface area contributed by atoms with Crippen molar-refractivity contribution >= 4 is 22.5 Å². The zero-order chi connectivity index (χ0) is 19.1. The predicted octanol–water partition coefficient (Wildman–Crippen LogP) is 3.34. The lowest BCUT2D eigenvalue weighted by Crippen LogP contribution is -2.27. The minimum atomic E-state index is -4.69. The molecule has 0 aliphatic carbocycles. The van der Waals surface area contributed by atoms with E-state index < -0.39 is 40.3 Å². The summed E-state index contributed by atoms with van der Waals surface area (Å²) >= 11 is 0. The quantitative estimate of drug-likeness (QED) is 0.709. The van der Waals surface area contributed by atoms with Gasteiger partial charge in [-0.2, -0.15) is 18.3 Å². The Morgan fingerprint density at radius 3 is 2.54 bits per heavy atom. The van der Waals surface area contributed by atoms with Gasteiger partial charge in [-0.1, -0.05) is 12.1 Å². The Hall–Kier alpha value is -3.23. The van der Waals surface area contributed by atoms with Crippen molar-refractivity contribution in [1.29, 1.82) is 0 Å². The fraction of sp³-hybridized carbons (Fsp3) is 0.118. The number of fused-ring (bicyclic) bond motifs is 1. The number of alkyl halides is 3. The monoisotopic (exact) mass is 365 g/mol. The van der Waals surface area contributed by atoms with Crippen molar-refractivity contribution in [3.63, 3.8) is 0 Å². The summed E-state index contributed by atoms with van der Waals surface area (Å²) in [5.74, 6) is -1.80. The first-order valence-corrected chi connectivity index (χ1v) is 7.32. The van der Waals surface area contributed by atoms with E-state index in [1.54, 1.807) is 0 Å². The van der Waals surface area contributed by atoms with Crippen LogP contribution in [-0.4, -0.2) is 15.7 Å². The van der Waals surface area contributed by atoms with Gasteiger partial charge >= 0.3 is 6.18 Å². The van der Waals surface area contributed by atoms with Gasteiger partial charge in [0.2, 0.25) is 5.43 Å². The average Bonchev–Trinajstić information content (AvgIpc) is 2.57. The molecular weight excluding hydrogens is 354 g/mol. The number of rotatable bonds is 2. The number of aryl methyl sites for hydroxylation is 1. The van der Waals surface area contributed by atoms with Crippen LogP contribution in [0, 0.1) is 5.82 Å². The molecule has 0 aliphatic rings. The molecule has 0 saturated heterocycles. The van der Waals surface area contributed by atoms with Gasteiger partial charge in [-0.15, -0.1) is 0 Å². The Morgan fingerprint density at radius 1 is 1.15 bits per heavy atom. The number of nitrogens with one attached hydrogen (secondary N) is 1. The number of carbonyl (C=O) groups excluding carboxylic acids is 1. The van der Waals surface area contributed by atoms with Crippen LogP contribution in [0.15, 0.2) is 47.3 Å². The van der Waals surface area contributed by atoms with Gasteiger partial charge in [-0.05, 0) is 30.3 Å². The predicted molar refractivity (Wildman–Crippen MR) is 86.3 cm³/mol. The largest absolute Gasteiger partial charge is 0.418 e. The normalized spacial score (nSPS) is 11.6. The molecule has 26 heavy (non-hydrogen) atoms. The molecule has 1 N–H and O–H groups in total. The fourth-order valence-corrected chi connectivity index (χ4v) is 2.52. The number of carbonyl (C=O) groups is 1. The third kappa shape index (κ3) is 3.15. The smallest absolute Gasteiger partial charge is 0.320 e. The van der Waals surface area contributed by atoms with Crippen molar-refractivity contribution in [2.24, 2.45) is 7.05 Å². The van der Waals surface area contributed by atoms with Crippen LogP contribution in [-0.2, 0) is 13.2 Å². The molecule has 0 aliphatic heterocycles. The van der Waals surface area contributed by atoms with Gasteiger partial charge in [0.25, 0.3) is 5.91 Å². The summed E-state index contributed by atoms with van der Waals surface area (Å²) in [6.07, 6.45) is -4.69. The Balaban J connectivity index is 2.08. The Morgan fingerprint density at radius 2 is 1.85 bits per heavy atom. The summed E-state index contributed by atoms with van der Waals surface area (Å²) in [4.78, 5) is 24.8. The lowest BCUT2D eigenvalue weighted by Gasteiger charge is -2.13. The molecule has 1 heterocycles. The van der Waals surface area contributed by atoms with Crippen LogP contribution >= 0.6 is 0 Å². The van der Waals surface area contributed by atoms with Crippen molar-refractivity contribution < 1.29 is 22.4 Å². The molecule has 0 unspecified atom stereocenters. The lowest BCUT2D eigenvalue weighted by atomic mass is 10.1. The molecular formula is C17H11F4N3O2. The highest BCUT2D eigenvalue weighted by Gasteiger charge is 2.34. The van der Waals surface area contributed by atoms with Gasteiger partial charge in [0.15, 0.2) is 5.69 Å². The molecule has 0 fully saturated rings. The van der Waals surface area contributed by atoms with Crippen LogP contribution in [0.3, 0.4) is 0 Å². The molecule has 0 bridgehead atoms. The third-order valence-corrected chi connectivity index (χ3v) is 3.71. The highest BCUT2D eigenvalue weighted by molar-refractivity contribution is 6.04. The van der Waals surface area contributed by atoms with E-state index in [4.69, 9.17) is 0 Å².